The van der Waals surface area contributed by atoms with Crippen molar-refractivity contribution in [3.8, 4) is 10.4 Å². The predicted octanol–water partition coefficient (Wildman–Crippen LogP) is 3.85. The number of benzene rings is 1. The predicted molar refractivity (Wildman–Crippen MR) is 247 cm³/mol. The van der Waals surface area contributed by atoms with E-state index in [2.05, 4.69) is 5.32 Å². The summed E-state index contributed by atoms with van der Waals surface area (Å²) in [7, 11) is 5.14. The number of methoxy groups -OCH3 is 1. The molecule has 3 aliphatic heterocycles. The minimum Gasteiger partial charge on any atom is -0.459 e. The van der Waals surface area contributed by atoms with Crippen molar-refractivity contribution < 1.29 is 68.3 Å². The van der Waals surface area contributed by atoms with Crippen molar-refractivity contribution in [1.82, 2.24) is 10.2 Å². The first-order valence-corrected chi connectivity index (χ1v) is 24.2. The maximum Gasteiger partial charge on any atom is 0.311 e. The van der Waals surface area contributed by atoms with Gasteiger partial charge in [0.15, 0.2) is 12.6 Å². The molecule has 18 atom stereocenters. The lowest BCUT2D eigenvalue weighted by Crippen LogP contribution is -2.61. The zero-order valence-corrected chi connectivity index (χ0v) is 41.5. The fourth-order valence-electron chi connectivity index (χ4n) is 10.2. The Labute approximate surface area is 394 Å². The van der Waals surface area contributed by atoms with Gasteiger partial charge in [0.05, 0.1) is 54.1 Å². The number of carbonyl (C=O) groups excluding carboxylic acids is 3. The van der Waals surface area contributed by atoms with Crippen LogP contribution in [0, 0.1) is 23.7 Å². The number of nitrogens with one attached hydrogen (secondary N) is 1. The highest BCUT2D eigenvalue weighted by Gasteiger charge is 2.53. The molecule has 1 aromatic carbocycles. The van der Waals surface area contributed by atoms with E-state index in [9.17, 15) is 39.9 Å². The summed E-state index contributed by atoms with van der Waals surface area (Å²) in [5.74, 6) is -5.89. The van der Waals surface area contributed by atoms with Crippen LogP contribution in [0.15, 0.2) is 41.8 Å². The van der Waals surface area contributed by atoms with Crippen LogP contribution >= 0.6 is 11.3 Å². The normalized spacial score (nSPS) is 41.0. The summed E-state index contributed by atoms with van der Waals surface area (Å²) in [6.45, 7) is 14.4. The molecule has 1 amide bonds. The molecule has 8 unspecified atom stereocenters. The molecule has 3 fully saturated rings. The van der Waals surface area contributed by atoms with Crippen molar-refractivity contribution in [2.45, 2.75) is 179 Å². The van der Waals surface area contributed by atoms with Gasteiger partial charge in [-0.1, -0.05) is 51.1 Å². The van der Waals surface area contributed by atoms with Crippen LogP contribution in [0.5, 0.6) is 0 Å². The molecule has 0 radical (unpaired) electrons. The number of hydrogen-bond acceptors (Lipinski definition) is 16. The molecular formula is C49H76N2O14S. The van der Waals surface area contributed by atoms with Crippen LogP contribution < -0.4 is 5.32 Å². The number of rotatable bonds is 12. The number of ether oxygens (including phenoxy) is 6. The zero-order valence-electron chi connectivity index (χ0n) is 40.7. The Hall–Kier alpha value is -2.91. The first-order chi connectivity index (χ1) is 30.8. The highest BCUT2D eigenvalue weighted by molar-refractivity contribution is 7.13. The molecule has 0 bridgehead atoms. The van der Waals surface area contributed by atoms with Gasteiger partial charge in [-0.05, 0) is 91.1 Å². The van der Waals surface area contributed by atoms with Gasteiger partial charge >= 0.3 is 5.97 Å². The van der Waals surface area contributed by atoms with Crippen molar-refractivity contribution in [2.75, 3.05) is 27.7 Å². The molecule has 4 heterocycles. The van der Waals surface area contributed by atoms with Crippen LogP contribution in [0.2, 0.25) is 0 Å². The Morgan fingerprint density at radius 2 is 1.59 bits per heavy atom. The van der Waals surface area contributed by atoms with Crippen LogP contribution in [0.3, 0.4) is 0 Å². The van der Waals surface area contributed by atoms with Crippen molar-refractivity contribution in [3.05, 3.63) is 47.3 Å². The summed E-state index contributed by atoms with van der Waals surface area (Å²) < 4.78 is 37.7. The summed E-state index contributed by atoms with van der Waals surface area (Å²) in [4.78, 5) is 45.3. The molecule has 17 heteroatoms. The highest BCUT2D eigenvalue weighted by Crippen LogP contribution is 2.41. The molecule has 5 rings (SSSR count). The first kappa shape index (κ1) is 54.0. The first-order valence-electron chi connectivity index (χ1n) is 23.3. The van der Waals surface area contributed by atoms with Crippen LogP contribution in [0.4, 0.5) is 0 Å². The van der Waals surface area contributed by atoms with E-state index in [0.717, 1.165) is 16.0 Å². The summed E-state index contributed by atoms with van der Waals surface area (Å²) >= 11 is 1.56. The number of carbonyl (C=O) groups is 3. The molecule has 0 spiro atoms. The van der Waals surface area contributed by atoms with Gasteiger partial charge in [0.2, 0.25) is 5.91 Å². The van der Waals surface area contributed by atoms with Gasteiger partial charge in [0.25, 0.3) is 0 Å². The third-order valence-electron chi connectivity index (χ3n) is 14.3. The molecular weight excluding hydrogens is 873 g/mol. The van der Waals surface area contributed by atoms with Crippen LogP contribution in [-0.4, -0.2) is 160 Å². The molecule has 6 N–H and O–H groups in total. The Bertz CT molecular complexity index is 1910. The van der Waals surface area contributed by atoms with Gasteiger partial charge in [-0.2, -0.15) is 0 Å². The summed E-state index contributed by atoms with van der Waals surface area (Å²) in [5, 5.41) is 64.2. The number of hydrogen-bond donors (Lipinski definition) is 6. The molecule has 16 nitrogen and oxygen atoms in total. The van der Waals surface area contributed by atoms with Gasteiger partial charge in [-0.25, -0.2) is 0 Å². The number of likely N-dealkylation sites (N-methyl/N-ethyl adjacent to an activating group) is 1. The van der Waals surface area contributed by atoms with Crippen LogP contribution in [0.1, 0.15) is 93.6 Å². The summed E-state index contributed by atoms with van der Waals surface area (Å²) in [5.41, 5.74) is -3.45. The molecule has 372 valence electrons. The SMILES string of the molecule is COC1(C)CC(O[C@H]2[C@H](C)[C@@H](OC3OC(C)CC(N(C)C)C3O)[C@](C)(O)C[C@@H](C)C(=O)[C@H](C)[C@@H](O)[C@](C)(O)[C@@H](CCNC(=O)Cc3ccccc3-c3cccs3)OC(=O)[C@@H]2C)OC(C)C1O. The van der Waals surface area contributed by atoms with E-state index < -0.39 is 108 Å². The van der Waals surface area contributed by atoms with Gasteiger partial charge < -0.3 is 64.2 Å². The fourth-order valence-corrected chi connectivity index (χ4v) is 11.0. The Morgan fingerprint density at radius 3 is 2.23 bits per heavy atom. The average molecular weight is 949 g/mol. The number of cyclic esters (lactones) is 1. The van der Waals surface area contributed by atoms with Crippen LogP contribution in [-0.2, 0) is 49.2 Å². The van der Waals surface area contributed by atoms with E-state index in [1.54, 1.807) is 46.0 Å². The third-order valence-corrected chi connectivity index (χ3v) is 15.2. The largest absolute Gasteiger partial charge is 0.459 e. The smallest absolute Gasteiger partial charge is 0.311 e. The van der Waals surface area contributed by atoms with Crippen LogP contribution in [0.25, 0.3) is 10.4 Å². The number of aliphatic hydroxyl groups is 5. The average Bonchev–Trinajstić information content (AvgIpc) is 3.80. The van der Waals surface area contributed by atoms with Gasteiger partial charge in [-0.3, -0.25) is 14.4 Å². The maximum absolute atomic E-state index is 14.7. The lowest BCUT2D eigenvalue weighted by atomic mass is 9.74. The van der Waals surface area contributed by atoms with Crippen molar-refractivity contribution in [2.24, 2.45) is 23.7 Å². The lowest BCUT2D eigenvalue weighted by molar-refractivity contribution is -0.318. The second-order valence-electron chi connectivity index (χ2n) is 20.0. The molecule has 0 aliphatic carbocycles. The van der Waals surface area contributed by atoms with Gasteiger partial charge in [-0.15, -0.1) is 11.3 Å². The number of esters is 1. The second-order valence-corrected chi connectivity index (χ2v) is 21.0. The van der Waals surface area contributed by atoms with E-state index >= 15 is 0 Å². The number of ketones is 1. The monoisotopic (exact) mass is 949 g/mol. The van der Waals surface area contributed by atoms with E-state index in [1.165, 1.54) is 27.9 Å². The van der Waals surface area contributed by atoms with E-state index in [1.807, 2.05) is 67.7 Å². The molecule has 2 aromatic rings. The Kier molecular flexibility index (Phi) is 18.2. The maximum atomic E-state index is 14.7. The van der Waals surface area contributed by atoms with E-state index in [4.69, 9.17) is 28.4 Å². The Balaban J connectivity index is 1.51. The highest BCUT2D eigenvalue weighted by atomic mass is 32.1. The molecule has 3 aliphatic rings. The minimum atomic E-state index is -2.21. The number of Topliss-reactive ketones (excluding diaryl/α,β-unsaturated/α-hetero) is 1. The minimum absolute atomic E-state index is 0.0405. The molecule has 66 heavy (non-hydrogen) atoms. The number of thiophene rings is 1. The number of nitrogens with zero attached hydrogens (tertiary/aromatic N) is 1. The van der Waals surface area contributed by atoms with Crippen molar-refractivity contribution in [3.63, 3.8) is 0 Å². The van der Waals surface area contributed by atoms with Crippen molar-refractivity contribution >= 4 is 29.0 Å². The summed E-state index contributed by atoms with van der Waals surface area (Å²) in [6, 6.07) is 11.2. The van der Waals surface area contributed by atoms with Gasteiger partial charge in [0, 0.05) is 55.2 Å². The van der Waals surface area contributed by atoms with E-state index in [-0.39, 0.29) is 50.3 Å². The van der Waals surface area contributed by atoms with Gasteiger partial charge in [0.1, 0.15) is 29.7 Å². The second kappa shape index (κ2) is 22.2. The Morgan fingerprint density at radius 1 is 0.909 bits per heavy atom. The topological polar surface area (TPSA) is 223 Å². The standard InChI is InChI=1S/C49H76N2O14S/c1-26-24-47(7,58)44(65-46-40(54)34(51(10)11)22-27(2)61-46)29(4)41(64-38-25-48(8,60-12)43(56)31(6)62-38)30(5)45(57)63-36(49(9,59)42(55)28(3)39(26)53)19-20-50-37(52)23-32-16-13-14-17-33(32)35-18-15-21-66-35/h13-18,21,26-31,34,36,38,40-44,46,54-56,58-59H,19-20,22-25H2,1-12H3,(H,50,52)/t26-,27?,28+,29+,30-,31?,34?,36-,38?,40?,41+,42-,43?,44-,46?,47-,48?,49-/m1/s1. The zero-order chi connectivity index (χ0) is 49.1. The number of aliphatic hydroxyl groups excluding tert-OH is 3. The quantitative estimate of drug-likeness (QED) is 0.166. The molecule has 0 saturated carbocycles. The summed E-state index contributed by atoms with van der Waals surface area (Å²) in [6.07, 6.45) is -11.0. The fraction of sp³-hybridized carbons (Fsp3) is 0.735. The number of amides is 1. The molecule has 3 saturated heterocycles. The lowest BCUT2D eigenvalue weighted by Gasteiger charge is -2.49. The van der Waals surface area contributed by atoms with E-state index in [0.29, 0.717) is 6.42 Å². The molecule has 1 aromatic heterocycles. The third kappa shape index (κ3) is 12.3. The van der Waals surface area contributed by atoms with Crippen molar-refractivity contribution in [1.29, 1.82) is 0 Å².